The van der Waals surface area contributed by atoms with Gasteiger partial charge in [-0.15, -0.1) is 0 Å². The molecule has 2 amide bonds. The van der Waals surface area contributed by atoms with Crippen LogP contribution in [0.25, 0.3) is 0 Å². The molecule has 0 radical (unpaired) electrons. The van der Waals surface area contributed by atoms with E-state index in [4.69, 9.17) is 28.0 Å². The average Bonchev–Trinajstić information content (AvgIpc) is 2.90. The first-order valence-electron chi connectivity index (χ1n) is 12.6. The van der Waals surface area contributed by atoms with Crippen LogP contribution in [-0.4, -0.2) is 34.0 Å². The number of aliphatic hydroxyl groups excluding tert-OH is 1. The third-order valence-electron chi connectivity index (χ3n) is 7.32. The molecule has 0 unspecified atom stereocenters. The van der Waals surface area contributed by atoms with Gasteiger partial charge in [-0.25, -0.2) is 9.87 Å². The zero-order valence-corrected chi connectivity index (χ0v) is 22.0. The molecule has 2 N–H and O–H groups in total. The van der Waals surface area contributed by atoms with Gasteiger partial charge in [-0.2, -0.15) is 0 Å². The first-order valence-corrected chi connectivity index (χ1v) is 13.3. The van der Waals surface area contributed by atoms with Gasteiger partial charge < -0.3 is 10.0 Å². The number of benzene rings is 3. The Labute approximate surface area is 230 Å². The quantitative estimate of drug-likeness (QED) is 0.367. The van der Waals surface area contributed by atoms with Gasteiger partial charge in [-0.3, -0.25) is 14.4 Å². The van der Waals surface area contributed by atoms with Crippen LogP contribution in [0.1, 0.15) is 64.7 Å². The van der Waals surface area contributed by atoms with Crippen LogP contribution in [-0.2, 0) is 16.2 Å². The highest BCUT2D eigenvalue weighted by Gasteiger charge is 2.49. The van der Waals surface area contributed by atoms with Crippen molar-refractivity contribution >= 4 is 35.0 Å². The third-order valence-corrected chi connectivity index (χ3v) is 7.88. The fourth-order valence-electron chi connectivity index (χ4n) is 5.52. The summed E-state index contributed by atoms with van der Waals surface area (Å²) < 4.78 is 13.3. The van der Waals surface area contributed by atoms with Crippen LogP contribution in [0, 0.1) is 5.82 Å². The predicted molar refractivity (Wildman–Crippen MR) is 142 cm³/mol. The number of amides is 2. The maximum atomic E-state index is 14.0. The molecule has 0 bridgehead atoms. The summed E-state index contributed by atoms with van der Waals surface area (Å²) in [4.78, 5) is 34.9. The SMILES string of the molecule is O=C(NOCc1ccc(F)cc1)[C@@H]1c2ccccc2C(=O)N([C@H]2CCCC[C@@H]2O)[C@H]1c1ccc(Cl)cc1Cl. The Balaban J connectivity index is 1.55. The molecule has 0 saturated heterocycles. The first kappa shape index (κ1) is 26.6. The molecule has 0 aromatic heterocycles. The summed E-state index contributed by atoms with van der Waals surface area (Å²) in [6.07, 6.45) is 2.15. The highest BCUT2D eigenvalue weighted by molar-refractivity contribution is 6.35. The minimum absolute atomic E-state index is 0.0245. The molecular formula is C29H27Cl2FN2O4. The van der Waals surface area contributed by atoms with E-state index in [2.05, 4.69) is 5.48 Å². The van der Waals surface area contributed by atoms with E-state index in [1.807, 2.05) is 0 Å². The molecule has 1 aliphatic heterocycles. The van der Waals surface area contributed by atoms with E-state index in [1.165, 1.54) is 12.1 Å². The summed E-state index contributed by atoms with van der Waals surface area (Å²) in [5.74, 6) is -1.99. The average molecular weight is 557 g/mol. The molecule has 1 fully saturated rings. The molecule has 0 spiro atoms. The largest absolute Gasteiger partial charge is 0.391 e. The second-order valence-electron chi connectivity index (χ2n) is 9.69. The Kier molecular flexibility index (Phi) is 8.00. The van der Waals surface area contributed by atoms with E-state index >= 15 is 0 Å². The molecule has 1 saturated carbocycles. The van der Waals surface area contributed by atoms with Crippen molar-refractivity contribution < 1.29 is 23.9 Å². The van der Waals surface area contributed by atoms with Gasteiger partial charge in [0.2, 0.25) is 0 Å². The lowest BCUT2D eigenvalue weighted by Gasteiger charge is -2.48. The zero-order valence-electron chi connectivity index (χ0n) is 20.4. The van der Waals surface area contributed by atoms with Crippen LogP contribution in [0.4, 0.5) is 4.39 Å². The monoisotopic (exact) mass is 556 g/mol. The summed E-state index contributed by atoms with van der Waals surface area (Å²) in [7, 11) is 0. The maximum Gasteiger partial charge on any atom is 0.255 e. The molecule has 9 heteroatoms. The molecule has 1 heterocycles. The van der Waals surface area contributed by atoms with Gasteiger partial charge in [0.05, 0.1) is 30.7 Å². The number of nitrogens with one attached hydrogen (secondary N) is 1. The lowest BCUT2D eigenvalue weighted by molar-refractivity contribution is -0.138. The summed E-state index contributed by atoms with van der Waals surface area (Å²) >= 11 is 12.8. The molecule has 2 aliphatic rings. The van der Waals surface area contributed by atoms with Gasteiger partial charge in [-0.1, -0.05) is 72.4 Å². The number of carbonyl (C=O) groups is 2. The number of rotatable bonds is 6. The van der Waals surface area contributed by atoms with Crippen LogP contribution in [0.5, 0.6) is 0 Å². The predicted octanol–water partition coefficient (Wildman–Crippen LogP) is 5.96. The van der Waals surface area contributed by atoms with Crippen molar-refractivity contribution in [1.82, 2.24) is 10.4 Å². The smallest absolute Gasteiger partial charge is 0.255 e. The fraction of sp³-hybridized carbons (Fsp3) is 0.310. The van der Waals surface area contributed by atoms with Crippen LogP contribution in [0.3, 0.4) is 0 Å². The molecule has 3 aromatic rings. The Hall–Kier alpha value is -2.97. The lowest BCUT2D eigenvalue weighted by atomic mass is 9.77. The van der Waals surface area contributed by atoms with Gasteiger partial charge in [0.1, 0.15) is 5.82 Å². The molecule has 3 aromatic carbocycles. The molecule has 6 nitrogen and oxygen atoms in total. The van der Waals surface area contributed by atoms with Gasteiger partial charge in [-0.05, 0) is 59.9 Å². The van der Waals surface area contributed by atoms with E-state index in [0.717, 1.165) is 12.8 Å². The van der Waals surface area contributed by atoms with Gasteiger partial charge in [0, 0.05) is 15.6 Å². The van der Waals surface area contributed by atoms with Crippen LogP contribution in [0.15, 0.2) is 66.7 Å². The minimum Gasteiger partial charge on any atom is -0.391 e. The molecule has 198 valence electrons. The fourth-order valence-corrected chi connectivity index (χ4v) is 6.04. The summed E-state index contributed by atoms with van der Waals surface area (Å²) in [6.45, 7) is 0.0245. The van der Waals surface area contributed by atoms with Crippen molar-refractivity contribution in [2.24, 2.45) is 0 Å². The number of halogens is 3. The van der Waals surface area contributed by atoms with Gasteiger partial charge >= 0.3 is 0 Å². The highest BCUT2D eigenvalue weighted by Crippen LogP contribution is 2.47. The third kappa shape index (κ3) is 5.29. The number of carbonyl (C=O) groups excluding carboxylic acids is 2. The second-order valence-corrected chi connectivity index (χ2v) is 10.5. The van der Waals surface area contributed by atoms with E-state index < -0.39 is 30.0 Å². The second kappa shape index (κ2) is 11.4. The number of nitrogens with zero attached hydrogens (tertiary/aromatic N) is 1. The Morgan fingerprint density at radius 1 is 1.03 bits per heavy atom. The van der Waals surface area contributed by atoms with E-state index in [-0.39, 0.29) is 18.3 Å². The number of hydroxylamine groups is 1. The normalized spacial score (nSPS) is 23.2. The highest BCUT2D eigenvalue weighted by atomic mass is 35.5. The number of aliphatic hydroxyl groups is 1. The van der Waals surface area contributed by atoms with Crippen molar-refractivity contribution in [1.29, 1.82) is 0 Å². The summed E-state index contributed by atoms with van der Waals surface area (Å²) in [6, 6.07) is 16.4. The van der Waals surface area contributed by atoms with E-state index in [1.54, 1.807) is 59.5 Å². The number of hydrogen-bond donors (Lipinski definition) is 2. The van der Waals surface area contributed by atoms with Crippen molar-refractivity contribution in [2.45, 2.75) is 56.4 Å². The standard InChI is InChI=1S/C29H27Cl2FN2O4/c30-18-11-14-22(23(31)15-18)27-26(28(36)33-38-16-17-9-12-19(32)13-10-17)20-5-1-2-6-21(20)29(37)34(27)24-7-3-4-8-25(24)35/h1-2,5-6,9-15,24-27,35H,3-4,7-8,16H2,(H,33,36)/t24-,25-,26+,27-/m0/s1. The van der Waals surface area contributed by atoms with Crippen molar-refractivity contribution in [3.8, 4) is 0 Å². The topological polar surface area (TPSA) is 78.9 Å². The summed E-state index contributed by atoms with van der Waals surface area (Å²) in [5.41, 5.74) is 4.70. The molecule has 38 heavy (non-hydrogen) atoms. The van der Waals surface area contributed by atoms with Gasteiger partial charge in [0.25, 0.3) is 11.8 Å². The lowest BCUT2D eigenvalue weighted by Crippen LogP contribution is -2.55. The zero-order chi connectivity index (χ0) is 26.8. The minimum atomic E-state index is -0.884. The van der Waals surface area contributed by atoms with Crippen LogP contribution < -0.4 is 5.48 Å². The summed E-state index contributed by atoms with van der Waals surface area (Å²) in [5, 5.41) is 11.7. The number of fused-ring (bicyclic) bond motifs is 1. The van der Waals surface area contributed by atoms with E-state index in [9.17, 15) is 19.1 Å². The van der Waals surface area contributed by atoms with Gasteiger partial charge in [0.15, 0.2) is 0 Å². The Bertz CT molecular complexity index is 1340. The van der Waals surface area contributed by atoms with Crippen molar-refractivity contribution in [2.75, 3.05) is 0 Å². The van der Waals surface area contributed by atoms with Crippen molar-refractivity contribution in [3.05, 3.63) is 105 Å². The number of hydrogen-bond acceptors (Lipinski definition) is 4. The maximum absolute atomic E-state index is 14.0. The molecule has 5 rings (SSSR count). The Morgan fingerprint density at radius 3 is 2.50 bits per heavy atom. The van der Waals surface area contributed by atoms with Crippen LogP contribution >= 0.6 is 23.2 Å². The first-order chi connectivity index (χ1) is 18.3. The van der Waals surface area contributed by atoms with Crippen molar-refractivity contribution in [3.63, 3.8) is 0 Å². The molecule has 1 aliphatic carbocycles. The molecular weight excluding hydrogens is 530 g/mol. The molecule has 4 atom stereocenters. The van der Waals surface area contributed by atoms with Crippen LogP contribution in [0.2, 0.25) is 10.0 Å². The van der Waals surface area contributed by atoms with E-state index in [0.29, 0.717) is 45.1 Å². The Morgan fingerprint density at radius 2 is 1.76 bits per heavy atom.